The van der Waals surface area contributed by atoms with Gasteiger partial charge in [0.2, 0.25) is 0 Å². The number of benzene rings is 9. The van der Waals surface area contributed by atoms with Crippen LogP contribution in [0, 0.1) is 6.92 Å². The molecule has 0 amide bonds. The highest BCUT2D eigenvalue weighted by molar-refractivity contribution is 7.99. The van der Waals surface area contributed by atoms with E-state index in [-0.39, 0.29) is 0 Å². The Labute approximate surface area is 307 Å². The first-order chi connectivity index (χ1) is 25.7. The summed E-state index contributed by atoms with van der Waals surface area (Å²) in [6.07, 6.45) is 0. The number of aromatic nitrogens is 1. The van der Waals surface area contributed by atoms with Crippen LogP contribution in [-0.4, -0.2) is 4.57 Å². The molecule has 0 spiro atoms. The number of fused-ring (bicyclic) bond motifs is 8. The Kier molecular flexibility index (Phi) is 7.33. The molecule has 0 aliphatic rings. The zero-order valence-electron chi connectivity index (χ0n) is 28.7. The van der Waals surface area contributed by atoms with Gasteiger partial charge in [-0.2, -0.15) is 0 Å². The van der Waals surface area contributed by atoms with Crippen LogP contribution in [0.3, 0.4) is 0 Å². The molecular weight excluding hydrogens is 649 g/mol. The van der Waals surface area contributed by atoms with Crippen LogP contribution < -0.4 is 4.90 Å². The van der Waals surface area contributed by atoms with E-state index in [0.29, 0.717) is 0 Å². The predicted molar refractivity (Wildman–Crippen MR) is 223 cm³/mol. The van der Waals surface area contributed by atoms with Crippen molar-refractivity contribution < 1.29 is 0 Å². The number of hydrogen-bond donors (Lipinski definition) is 0. The van der Waals surface area contributed by atoms with Crippen molar-refractivity contribution in [1.82, 2.24) is 4.57 Å². The van der Waals surface area contributed by atoms with Crippen molar-refractivity contribution in [2.75, 3.05) is 4.90 Å². The highest BCUT2D eigenvalue weighted by atomic mass is 32.2. The highest BCUT2D eigenvalue weighted by Crippen LogP contribution is 2.45. The summed E-state index contributed by atoms with van der Waals surface area (Å²) in [4.78, 5) is 4.94. The second kappa shape index (κ2) is 12.5. The van der Waals surface area contributed by atoms with Gasteiger partial charge in [0.25, 0.3) is 0 Å². The Morgan fingerprint density at radius 2 is 1.02 bits per heavy atom. The van der Waals surface area contributed by atoms with Crippen LogP contribution in [-0.2, 0) is 0 Å². The predicted octanol–water partition coefficient (Wildman–Crippen LogP) is 14.2. The molecule has 0 radical (unpaired) electrons. The Morgan fingerprint density at radius 1 is 0.423 bits per heavy atom. The largest absolute Gasteiger partial charge is 0.310 e. The molecule has 0 N–H and O–H groups in total. The van der Waals surface area contributed by atoms with Gasteiger partial charge >= 0.3 is 0 Å². The van der Waals surface area contributed by atoms with Gasteiger partial charge in [0, 0.05) is 43.0 Å². The maximum atomic E-state index is 2.45. The topological polar surface area (TPSA) is 8.17 Å². The normalized spacial score (nSPS) is 11.6. The fourth-order valence-corrected chi connectivity index (χ4v) is 8.82. The number of para-hydroxylation sites is 2. The lowest BCUT2D eigenvalue weighted by molar-refractivity contribution is 1.18. The van der Waals surface area contributed by atoms with E-state index in [1.165, 1.54) is 69.5 Å². The van der Waals surface area contributed by atoms with Gasteiger partial charge in [0.15, 0.2) is 0 Å². The van der Waals surface area contributed by atoms with Crippen molar-refractivity contribution in [2.45, 2.75) is 16.7 Å². The first-order valence-corrected chi connectivity index (χ1v) is 18.6. The first-order valence-electron chi connectivity index (χ1n) is 17.8. The van der Waals surface area contributed by atoms with Gasteiger partial charge in [-0.25, -0.2) is 0 Å². The summed E-state index contributed by atoms with van der Waals surface area (Å²) < 4.78 is 2.40. The number of nitrogens with zero attached hydrogens (tertiary/aromatic N) is 2. The molecule has 0 saturated carbocycles. The van der Waals surface area contributed by atoms with E-state index in [4.69, 9.17) is 0 Å². The number of anilines is 3. The molecule has 10 aromatic rings. The minimum absolute atomic E-state index is 1.11. The lowest BCUT2D eigenvalue weighted by Crippen LogP contribution is -2.11. The molecule has 2 nitrogen and oxygen atoms in total. The van der Waals surface area contributed by atoms with Crippen LogP contribution in [0.4, 0.5) is 17.1 Å². The van der Waals surface area contributed by atoms with Gasteiger partial charge in [-0.3, -0.25) is 0 Å². The van der Waals surface area contributed by atoms with Crippen molar-refractivity contribution in [1.29, 1.82) is 0 Å². The van der Waals surface area contributed by atoms with Crippen LogP contribution in [0.1, 0.15) is 5.56 Å². The van der Waals surface area contributed by atoms with E-state index in [9.17, 15) is 0 Å². The third-order valence-corrected chi connectivity index (χ3v) is 11.5. The van der Waals surface area contributed by atoms with Crippen LogP contribution in [0.15, 0.2) is 198 Å². The third-order valence-electron chi connectivity index (χ3n) is 10.3. The Balaban J connectivity index is 1.22. The van der Waals surface area contributed by atoms with Crippen molar-refractivity contribution >= 4 is 82.9 Å². The van der Waals surface area contributed by atoms with E-state index >= 15 is 0 Å². The van der Waals surface area contributed by atoms with E-state index in [0.717, 1.165) is 22.7 Å². The van der Waals surface area contributed by atoms with Crippen molar-refractivity contribution in [2.24, 2.45) is 0 Å². The summed E-state index contributed by atoms with van der Waals surface area (Å²) in [7, 11) is 0. The third kappa shape index (κ3) is 5.05. The van der Waals surface area contributed by atoms with Crippen LogP contribution in [0.2, 0.25) is 0 Å². The van der Waals surface area contributed by atoms with Gasteiger partial charge in [-0.15, -0.1) is 0 Å². The average Bonchev–Trinajstić information content (AvgIpc) is 3.53. The molecule has 10 rings (SSSR count). The molecule has 1 heterocycles. The molecular formula is C49H34N2S. The molecule has 9 aromatic carbocycles. The van der Waals surface area contributed by atoms with E-state index in [2.05, 4.69) is 204 Å². The standard InChI is InChI=1S/C49H34N2S/c1-33-31-36(25-30-49(33)52-38-16-6-3-7-17-38)50(46-22-12-20-40-42-26-23-34-13-8-9-18-39(34)41(42)28-29-44(40)46)37-24-27-45-43-19-10-11-21-47(43)51(48(45)32-37)35-14-4-2-5-15-35/h2-32H,1H3. The second-order valence-corrected chi connectivity index (χ2v) is 14.5. The summed E-state index contributed by atoms with van der Waals surface area (Å²) in [6.45, 7) is 2.23. The molecule has 246 valence electrons. The molecule has 0 unspecified atom stereocenters. The van der Waals surface area contributed by atoms with Gasteiger partial charge in [-0.05, 0) is 106 Å². The monoisotopic (exact) mass is 682 g/mol. The highest BCUT2D eigenvalue weighted by Gasteiger charge is 2.20. The second-order valence-electron chi connectivity index (χ2n) is 13.4. The zero-order valence-corrected chi connectivity index (χ0v) is 29.5. The molecule has 0 saturated heterocycles. The lowest BCUT2D eigenvalue weighted by Gasteiger charge is -2.28. The Morgan fingerprint density at radius 3 is 1.87 bits per heavy atom. The smallest absolute Gasteiger partial charge is 0.0561 e. The average molecular weight is 683 g/mol. The Hall–Kier alpha value is -6.29. The number of rotatable bonds is 6. The molecule has 1 aromatic heterocycles. The fraction of sp³-hybridized carbons (Fsp3) is 0.0204. The van der Waals surface area contributed by atoms with Crippen LogP contribution in [0.5, 0.6) is 0 Å². The van der Waals surface area contributed by atoms with E-state index in [1.807, 2.05) is 11.8 Å². The molecule has 0 atom stereocenters. The zero-order chi connectivity index (χ0) is 34.6. The minimum Gasteiger partial charge on any atom is -0.310 e. The molecule has 0 bridgehead atoms. The molecule has 0 aliphatic heterocycles. The van der Waals surface area contributed by atoms with Gasteiger partial charge in [0.1, 0.15) is 0 Å². The molecule has 52 heavy (non-hydrogen) atoms. The van der Waals surface area contributed by atoms with Gasteiger partial charge in [-0.1, -0.05) is 133 Å². The van der Waals surface area contributed by atoms with Gasteiger partial charge < -0.3 is 9.47 Å². The number of hydrogen-bond acceptors (Lipinski definition) is 2. The molecule has 0 aliphatic carbocycles. The quantitative estimate of drug-likeness (QED) is 0.161. The summed E-state index contributed by atoms with van der Waals surface area (Å²) in [5.74, 6) is 0. The molecule has 0 fully saturated rings. The van der Waals surface area contributed by atoms with E-state index < -0.39 is 0 Å². The van der Waals surface area contributed by atoms with E-state index in [1.54, 1.807) is 0 Å². The first kappa shape index (κ1) is 30.5. The Bertz CT molecular complexity index is 2950. The van der Waals surface area contributed by atoms with Crippen molar-refractivity contribution in [3.05, 3.63) is 194 Å². The summed E-state index contributed by atoms with van der Waals surface area (Å²) >= 11 is 1.81. The van der Waals surface area contributed by atoms with Crippen molar-refractivity contribution in [3.8, 4) is 5.69 Å². The van der Waals surface area contributed by atoms with Crippen LogP contribution >= 0.6 is 11.8 Å². The number of aryl methyl sites for hydroxylation is 1. The summed E-state index contributed by atoms with van der Waals surface area (Å²) in [5, 5.41) is 10.0. The van der Waals surface area contributed by atoms with Crippen molar-refractivity contribution in [3.63, 3.8) is 0 Å². The fourth-order valence-electron chi connectivity index (χ4n) is 7.92. The summed E-state index contributed by atoms with van der Waals surface area (Å²) in [5.41, 5.74) is 8.17. The maximum Gasteiger partial charge on any atom is 0.0561 e. The van der Waals surface area contributed by atoms with Gasteiger partial charge in [0.05, 0.1) is 16.7 Å². The lowest BCUT2D eigenvalue weighted by atomic mass is 9.96. The molecule has 3 heteroatoms. The van der Waals surface area contributed by atoms with Crippen LogP contribution in [0.25, 0.3) is 59.8 Å². The maximum absolute atomic E-state index is 2.45. The SMILES string of the molecule is Cc1cc(N(c2ccc3c4ccccc4n(-c4ccccc4)c3c2)c2cccc3c2ccc2c4ccccc4ccc32)ccc1Sc1ccccc1. The summed E-state index contributed by atoms with van der Waals surface area (Å²) in [6, 6.07) is 68.6. The minimum atomic E-state index is 1.11.